The molecule has 0 radical (unpaired) electrons. The van der Waals surface area contributed by atoms with Crippen LogP contribution in [0.25, 0.3) is 0 Å². The molecule has 0 aliphatic heterocycles. The zero-order valence-electron chi connectivity index (χ0n) is 20.6. The normalized spacial score (nSPS) is 11.9. The second kappa shape index (κ2) is 22.7. The molecule has 0 fully saturated rings. The number of alkyl carbamates (subject to hydrolysis) is 1. The lowest BCUT2D eigenvalue weighted by Crippen LogP contribution is -2.37. The molecule has 1 amide bonds. The average Bonchev–Trinajstić information content (AvgIpc) is 2.80. The number of amidine groups is 1. The molecule has 0 aliphatic rings. The van der Waals surface area contributed by atoms with Gasteiger partial charge in [-0.2, -0.15) is 0 Å². The van der Waals surface area contributed by atoms with Crippen LogP contribution in [0.15, 0.2) is 4.99 Å². The summed E-state index contributed by atoms with van der Waals surface area (Å²) in [5.41, 5.74) is 5.74. The molecule has 202 valence electrons. The second-order valence-electron chi connectivity index (χ2n) is 7.80. The molecule has 1 unspecified atom stereocenters. The van der Waals surface area contributed by atoms with E-state index in [-0.39, 0.29) is 38.5 Å². The van der Waals surface area contributed by atoms with Crippen LogP contribution in [-0.2, 0) is 28.6 Å². The summed E-state index contributed by atoms with van der Waals surface area (Å²) in [5.74, 6) is -0.376. The molecule has 0 aromatic rings. The molecule has 13 nitrogen and oxygen atoms in total. The van der Waals surface area contributed by atoms with E-state index in [2.05, 4.69) is 22.1 Å². The van der Waals surface area contributed by atoms with Gasteiger partial charge in [-0.05, 0) is 32.1 Å². The van der Waals surface area contributed by atoms with Crippen molar-refractivity contribution in [3.05, 3.63) is 10.1 Å². The van der Waals surface area contributed by atoms with E-state index >= 15 is 0 Å². The zero-order chi connectivity index (χ0) is 26.2. The third-order valence-electron chi connectivity index (χ3n) is 4.74. The first-order valence-electron chi connectivity index (χ1n) is 12.1. The van der Waals surface area contributed by atoms with Crippen LogP contribution in [0.4, 0.5) is 4.79 Å². The quantitative estimate of drug-likeness (QED) is 0.0241. The van der Waals surface area contributed by atoms with Crippen molar-refractivity contribution < 1.29 is 38.5 Å². The van der Waals surface area contributed by atoms with Crippen LogP contribution in [-0.4, -0.2) is 62.1 Å². The van der Waals surface area contributed by atoms with Crippen molar-refractivity contribution in [1.82, 2.24) is 5.32 Å². The van der Waals surface area contributed by atoms with E-state index < -0.39 is 23.4 Å². The standard InChI is InChI=1S/C22H40N4O9/c1-2-3-4-5-9-15-33-22(29)25-20(34-18-27)12-11-13-24-19(23)17-21(28)32-14-8-6-7-10-16-35-26(30)31/h18,20H,2-17H2,1H3,(H2,23,24)(H,25,29). The molecule has 0 rings (SSSR count). The van der Waals surface area contributed by atoms with Crippen molar-refractivity contribution in [3.8, 4) is 0 Å². The number of unbranched alkanes of at least 4 members (excludes halogenated alkanes) is 7. The number of esters is 1. The minimum Gasteiger partial charge on any atom is -0.465 e. The van der Waals surface area contributed by atoms with Gasteiger partial charge in [-0.25, -0.2) is 4.79 Å². The van der Waals surface area contributed by atoms with Gasteiger partial charge in [-0.3, -0.25) is 19.9 Å². The molecule has 0 bridgehead atoms. The summed E-state index contributed by atoms with van der Waals surface area (Å²) < 4.78 is 15.0. The predicted octanol–water partition coefficient (Wildman–Crippen LogP) is 3.02. The number of aliphatic imine (C=N–C) groups is 1. The minimum absolute atomic E-state index is 0.0567. The number of ether oxygens (including phenoxy) is 3. The van der Waals surface area contributed by atoms with Gasteiger partial charge in [0.1, 0.15) is 12.3 Å². The Labute approximate surface area is 206 Å². The summed E-state index contributed by atoms with van der Waals surface area (Å²) in [6.07, 6.45) is 6.97. The summed E-state index contributed by atoms with van der Waals surface area (Å²) in [5, 5.41) is 11.7. The topological polar surface area (TPSA) is 182 Å². The van der Waals surface area contributed by atoms with Gasteiger partial charge in [0.05, 0.1) is 19.8 Å². The smallest absolute Gasteiger partial charge is 0.409 e. The number of carbonyl (C=O) groups is 3. The van der Waals surface area contributed by atoms with Gasteiger partial charge in [0, 0.05) is 13.0 Å². The zero-order valence-corrected chi connectivity index (χ0v) is 20.6. The van der Waals surface area contributed by atoms with Crippen LogP contribution in [0, 0.1) is 10.1 Å². The molecule has 0 aromatic carbocycles. The monoisotopic (exact) mass is 504 g/mol. The van der Waals surface area contributed by atoms with E-state index in [9.17, 15) is 24.5 Å². The Kier molecular flexibility index (Phi) is 20.6. The van der Waals surface area contributed by atoms with E-state index in [4.69, 9.17) is 19.9 Å². The lowest BCUT2D eigenvalue weighted by atomic mass is 10.2. The van der Waals surface area contributed by atoms with Gasteiger partial charge in [-0.1, -0.05) is 39.0 Å². The lowest BCUT2D eigenvalue weighted by molar-refractivity contribution is -0.757. The highest BCUT2D eigenvalue weighted by atomic mass is 16.9. The van der Waals surface area contributed by atoms with E-state index in [0.717, 1.165) is 44.9 Å². The van der Waals surface area contributed by atoms with Gasteiger partial charge < -0.3 is 24.8 Å². The van der Waals surface area contributed by atoms with Crippen molar-refractivity contribution >= 4 is 24.4 Å². The van der Waals surface area contributed by atoms with E-state index in [1.165, 1.54) is 0 Å². The first-order chi connectivity index (χ1) is 16.9. The second-order valence-corrected chi connectivity index (χ2v) is 7.80. The number of nitrogens with zero attached hydrogens (tertiary/aromatic N) is 2. The van der Waals surface area contributed by atoms with E-state index in [1.54, 1.807) is 0 Å². The highest BCUT2D eigenvalue weighted by molar-refractivity contribution is 5.96. The first kappa shape index (κ1) is 31.9. The molecule has 13 heteroatoms. The number of rotatable bonds is 23. The van der Waals surface area contributed by atoms with E-state index in [0.29, 0.717) is 32.3 Å². The Balaban J connectivity index is 3.94. The summed E-state index contributed by atoms with van der Waals surface area (Å²) in [4.78, 5) is 52.6. The number of nitrogens with one attached hydrogen (secondary N) is 1. The van der Waals surface area contributed by atoms with Crippen molar-refractivity contribution in [3.63, 3.8) is 0 Å². The SMILES string of the molecule is CCCCCCCOC(=O)NC(CCCN=C(N)CC(=O)OCCCCCCO[N+](=O)[O-])OC=O. The largest absolute Gasteiger partial charge is 0.465 e. The maximum Gasteiger partial charge on any atom is 0.409 e. The Morgan fingerprint density at radius 3 is 2.26 bits per heavy atom. The highest BCUT2D eigenvalue weighted by Crippen LogP contribution is 2.04. The molecule has 0 aliphatic carbocycles. The maximum absolute atomic E-state index is 11.8. The van der Waals surface area contributed by atoms with Gasteiger partial charge in [-0.15, -0.1) is 10.1 Å². The third-order valence-corrected chi connectivity index (χ3v) is 4.74. The molecule has 0 saturated carbocycles. The van der Waals surface area contributed by atoms with Crippen LogP contribution in [0.2, 0.25) is 0 Å². The molecule has 3 N–H and O–H groups in total. The molecule has 0 saturated heterocycles. The van der Waals surface area contributed by atoms with Crippen molar-refractivity contribution in [2.24, 2.45) is 10.7 Å². The van der Waals surface area contributed by atoms with Crippen LogP contribution in [0.1, 0.15) is 84.0 Å². The number of nitrogens with two attached hydrogens (primary N) is 1. The van der Waals surface area contributed by atoms with Gasteiger partial charge >= 0.3 is 12.1 Å². The maximum atomic E-state index is 11.8. The van der Waals surface area contributed by atoms with Crippen LogP contribution >= 0.6 is 0 Å². The molecular formula is C22H40N4O9. The summed E-state index contributed by atoms with van der Waals surface area (Å²) >= 11 is 0. The fraction of sp³-hybridized carbons (Fsp3) is 0.818. The number of carbonyl (C=O) groups excluding carboxylic acids is 3. The summed E-state index contributed by atoms with van der Waals surface area (Å²) in [6, 6.07) is 0. The molecule has 1 atom stereocenters. The molecular weight excluding hydrogens is 464 g/mol. The Morgan fingerprint density at radius 1 is 1.00 bits per heavy atom. The fourth-order valence-electron chi connectivity index (χ4n) is 2.92. The van der Waals surface area contributed by atoms with Crippen molar-refractivity contribution in [1.29, 1.82) is 0 Å². The number of amides is 1. The van der Waals surface area contributed by atoms with Crippen LogP contribution in [0.5, 0.6) is 0 Å². The molecule has 0 aromatic heterocycles. The van der Waals surface area contributed by atoms with Crippen LogP contribution in [0.3, 0.4) is 0 Å². The Bertz CT molecular complexity index is 632. The van der Waals surface area contributed by atoms with Crippen molar-refractivity contribution in [2.45, 2.75) is 90.2 Å². The Morgan fingerprint density at radius 2 is 1.63 bits per heavy atom. The minimum atomic E-state index is -0.840. The molecule has 0 heterocycles. The summed E-state index contributed by atoms with van der Waals surface area (Å²) in [7, 11) is 0. The van der Waals surface area contributed by atoms with Crippen molar-refractivity contribution in [2.75, 3.05) is 26.4 Å². The van der Waals surface area contributed by atoms with Gasteiger partial charge in [0.25, 0.3) is 11.6 Å². The predicted molar refractivity (Wildman–Crippen MR) is 127 cm³/mol. The van der Waals surface area contributed by atoms with E-state index in [1.807, 2.05) is 0 Å². The summed E-state index contributed by atoms with van der Waals surface area (Å²) in [6.45, 7) is 3.25. The first-order valence-corrected chi connectivity index (χ1v) is 12.1. The van der Waals surface area contributed by atoms with Crippen LogP contribution < -0.4 is 11.1 Å². The lowest BCUT2D eigenvalue weighted by Gasteiger charge is -2.16. The van der Waals surface area contributed by atoms with Gasteiger partial charge in [0.15, 0.2) is 6.23 Å². The average molecular weight is 505 g/mol. The Hall–Kier alpha value is -3.12. The number of hydrogen-bond acceptors (Lipinski definition) is 10. The number of hydrogen-bond donors (Lipinski definition) is 2. The molecule has 0 spiro atoms. The third kappa shape index (κ3) is 22.4. The molecule has 35 heavy (non-hydrogen) atoms. The fourth-order valence-corrected chi connectivity index (χ4v) is 2.92. The highest BCUT2D eigenvalue weighted by Gasteiger charge is 2.14. The van der Waals surface area contributed by atoms with Gasteiger partial charge in [0.2, 0.25) is 0 Å².